The van der Waals surface area contributed by atoms with Crippen LogP contribution in [0.4, 0.5) is 0 Å². The summed E-state index contributed by atoms with van der Waals surface area (Å²) in [6.07, 6.45) is 1.77. The number of carbonyl (C=O) groups excluding carboxylic acids is 1. The van der Waals surface area contributed by atoms with E-state index in [0.717, 1.165) is 10.4 Å². The van der Waals surface area contributed by atoms with Gasteiger partial charge in [-0.3, -0.25) is 9.59 Å². The fraction of sp³-hybridized carbons (Fsp3) is 0.429. The van der Waals surface area contributed by atoms with Crippen LogP contribution in [-0.4, -0.2) is 33.6 Å². The summed E-state index contributed by atoms with van der Waals surface area (Å²) in [4.78, 5) is 42.7. The lowest BCUT2D eigenvalue weighted by atomic mass is 9.87. The summed E-state index contributed by atoms with van der Waals surface area (Å²) >= 11 is 1.33. The number of nitrogens with one attached hydrogen (secondary N) is 1. The minimum atomic E-state index is -1.27. The van der Waals surface area contributed by atoms with Crippen LogP contribution in [0, 0.1) is 5.92 Å². The third-order valence-electron chi connectivity index (χ3n) is 3.74. The van der Waals surface area contributed by atoms with Crippen LogP contribution in [0.15, 0.2) is 4.79 Å². The second-order valence-corrected chi connectivity index (χ2v) is 6.18. The molecule has 2 aromatic heterocycles. The van der Waals surface area contributed by atoms with Crippen molar-refractivity contribution in [3.63, 3.8) is 0 Å². The Morgan fingerprint density at radius 1 is 1.50 bits per heavy atom. The van der Waals surface area contributed by atoms with Crippen molar-refractivity contribution in [3.8, 4) is 0 Å². The van der Waals surface area contributed by atoms with Crippen LogP contribution >= 0.6 is 11.3 Å². The molecule has 0 radical (unpaired) electrons. The number of esters is 1. The third kappa shape index (κ3) is 2.39. The van der Waals surface area contributed by atoms with Crippen LogP contribution in [0.3, 0.4) is 0 Å². The number of hydrogen-bond donors (Lipinski definition) is 2. The number of nitrogens with zero attached hydrogens (tertiary/aromatic N) is 1. The van der Waals surface area contributed by atoms with Crippen LogP contribution in [-0.2, 0) is 22.4 Å². The highest BCUT2D eigenvalue weighted by Crippen LogP contribution is 2.36. The topological polar surface area (TPSA) is 109 Å². The number of ether oxygens (including phenoxy) is 1. The number of carboxylic acids is 1. The minimum Gasteiger partial charge on any atom is -0.475 e. The monoisotopic (exact) mass is 322 g/mol. The Bertz CT molecular complexity index is 822. The van der Waals surface area contributed by atoms with E-state index in [1.54, 1.807) is 6.92 Å². The fourth-order valence-electron chi connectivity index (χ4n) is 2.74. The molecule has 2 N–H and O–H groups in total. The summed E-state index contributed by atoms with van der Waals surface area (Å²) in [6, 6.07) is 0. The van der Waals surface area contributed by atoms with E-state index in [0.29, 0.717) is 36.1 Å². The van der Waals surface area contributed by atoms with E-state index < -0.39 is 11.5 Å². The van der Waals surface area contributed by atoms with Crippen LogP contribution in [0.5, 0.6) is 0 Å². The van der Waals surface area contributed by atoms with Crippen molar-refractivity contribution >= 4 is 33.5 Å². The number of aromatic amines is 1. The van der Waals surface area contributed by atoms with Crippen molar-refractivity contribution < 1.29 is 19.4 Å². The normalized spacial score (nSPS) is 17.2. The molecule has 0 saturated heterocycles. The maximum atomic E-state index is 12.2. The average Bonchev–Trinajstić information content (AvgIpc) is 2.85. The molecule has 1 atom stereocenters. The summed E-state index contributed by atoms with van der Waals surface area (Å²) < 4.78 is 5.05. The number of fused-ring (bicyclic) bond motifs is 3. The van der Waals surface area contributed by atoms with Crippen LogP contribution in [0.1, 0.15) is 34.4 Å². The summed E-state index contributed by atoms with van der Waals surface area (Å²) in [5.41, 5.74) is 0.333. The number of carboxylic acid groups (broad SMARTS) is 1. The minimum absolute atomic E-state index is 0.251. The zero-order valence-electron chi connectivity index (χ0n) is 11.8. The highest BCUT2D eigenvalue weighted by Gasteiger charge is 2.30. The lowest BCUT2D eigenvalue weighted by molar-refractivity contribution is -0.148. The highest BCUT2D eigenvalue weighted by molar-refractivity contribution is 7.18. The first-order valence-corrected chi connectivity index (χ1v) is 7.77. The van der Waals surface area contributed by atoms with Crippen molar-refractivity contribution in [3.05, 3.63) is 26.6 Å². The Morgan fingerprint density at radius 2 is 2.27 bits per heavy atom. The molecular weight excluding hydrogens is 308 g/mol. The molecule has 0 aromatic carbocycles. The average molecular weight is 322 g/mol. The molecule has 2 heterocycles. The number of rotatable bonds is 3. The maximum Gasteiger partial charge on any atom is 0.372 e. The van der Waals surface area contributed by atoms with Crippen molar-refractivity contribution in [1.82, 2.24) is 9.97 Å². The van der Waals surface area contributed by atoms with Gasteiger partial charge in [0, 0.05) is 4.88 Å². The smallest absolute Gasteiger partial charge is 0.372 e. The number of aromatic carboxylic acids is 1. The molecule has 0 spiro atoms. The summed E-state index contributed by atoms with van der Waals surface area (Å²) in [5.74, 6) is -2.14. The standard InChI is InChI=1S/C14H14N2O5S/c1-2-21-14(20)6-3-4-8-7(5-6)9-11(17)15-10(13(18)19)16-12(9)22-8/h6H,2-5H2,1H3,(H,18,19)(H,15,16,17). The molecule has 0 amide bonds. The lowest BCUT2D eigenvalue weighted by Gasteiger charge is -2.20. The molecule has 7 nitrogen and oxygen atoms in total. The molecule has 1 aliphatic rings. The molecule has 1 aliphatic carbocycles. The quantitative estimate of drug-likeness (QED) is 0.826. The first-order valence-electron chi connectivity index (χ1n) is 6.95. The number of hydrogen-bond acceptors (Lipinski definition) is 6. The Balaban J connectivity index is 2.06. The predicted octanol–water partition coefficient (Wildman–Crippen LogP) is 1.35. The second kappa shape index (κ2) is 5.53. The van der Waals surface area contributed by atoms with E-state index in [4.69, 9.17) is 9.84 Å². The van der Waals surface area contributed by atoms with Crippen LogP contribution in [0.25, 0.3) is 10.2 Å². The molecule has 0 aliphatic heterocycles. The SMILES string of the molecule is CCOC(=O)C1CCc2sc3nc(C(=O)O)[nH]c(=O)c3c2C1. The van der Waals surface area contributed by atoms with Gasteiger partial charge >= 0.3 is 11.9 Å². The number of aryl methyl sites for hydroxylation is 1. The van der Waals surface area contributed by atoms with Crippen LogP contribution < -0.4 is 5.56 Å². The largest absolute Gasteiger partial charge is 0.475 e. The Kier molecular flexibility index (Phi) is 3.69. The molecule has 22 heavy (non-hydrogen) atoms. The first kappa shape index (κ1) is 14.7. The molecule has 0 saturated carbocycles. The third-order valence-corrected chi connectivity index (χ3v) is 4.92. The summed E-state index contributed by atoms with van der Waals surface area (Å²) in [5, 5.41) is 9.36. The zero-order valence-corrected chi connectivity index (χ0v) is 12.7. The number of thiophene rings is 1. The Morgan fingerprint density at radius 3 is 2.95 bits per heavy atom. The van der Waals surface area contributed by atoms with E-state index in [1.807, 2.05) is 0 Å². The van der Waals surface area contributed by atoms with E-state index in [9.17, 15) is 14.4 Å². The molecule has 0 bridgehead atoms. The van der Waals surface area contributed by atoms with E-state index in [-0.39, 0.29) is 17.7 Å². The predicted molar refractivity (Wildman–Crippen MR) is 79.3 cm³/mol. The molecule has 0 fully saturated rings. The van der Waals surface area contributed by atoms with Gasteiger partial charge in [0.2, 0.25) is 5.82 Å². The molecule has 3 rings (SSSR count). The molecule has 2 aromatic rings. The molecular formula is C14H14N2O5S. The van der Waals surface area contributed by atoms with E-state index in [1.165, 1.54) is 11.3 Å². The summed E-state index contributed by atoms with van der Waals surface area (Å²) in [6.45, 7) is 2.09. The van der Waals surface area contributed by atoms with Crippen LogP contribution in [0.2, 0.25) is 0 Å². The van der Waals surface area contributed by atoms with Crippen molar-refractivity contribution in [2.24, 2.45) is 5.92 Å². The van der Waals surface area contributed by atoms with Gasteiger partial charge in [-0.2, -0.15) is 0 Å². The highest BCUT2D eigenvalue weighted by atomic mass is 32.1. The van der Waals surface area contributed by atoms with Gasteiger partial charge in [-0.05, 0) is 31.7 Å². The van der Waals surface area contributed by atoms with Gasteiger partial charge in [-0.25, -0.2) is 9.78 Å². The van der Waals surface area contributed by atoms with Gasteiger partial charge < -0.3 is 14.8 Å². The lowest BCUT2D eigenvalue weighted by Crippen LogP contribution is -2.25. The number of carbonyl (C=O) groups is 2. The van der Waals surface area contributed by atoms with Crippen molar-refractivity contribution in [2.75, 3.05) is 6.61 Å². The Labute approximate surface area is 128 Å². The van der Waals surface area contributed by atoms with Gasteiger partial charge in [-0.15, -0.1) is 11.3 Å². The fourth-order valence-corrected chi connectivity index (χ4v) is 3.96. The van der Waals surface area contributed by atoms with Gasteiger partial charge in [0.1, 0.15) is 4.83 Å². The number of H-pyrrole nitrogens is 1. The van der Waals surface area contributed by atoms with Gasteiger partial charge in [0.25, 0.3) is 5.56 Å². The molecule has 116 valence electrons. The maximum absolute atomic E-state index is 12.2. The van der Waals surface area contributed by atoms with E-state index in [2.05, 4.69) is 9.97 Å². The Hall–Kier alpha value is -2.22. The second-order valence-electron chi connectivity index (χ2n) is 5.10. The molecule has 8 heteroatoms. The molecule has 1 unspecified atom stereocenters. The first-order chi connectivity index (χ1) is 10.5. The van der Waals surface area contributed by atoms with Gasteiger partial charge in [-0.1, -0.05) is 0 Å². The number of aromatic nitrogens is 2. The van der Waals surface area contributed by atoms with Crippen molar-refractivity contribution in [2.45, 2.75) is 26.2 Å². The van der Waals surface area contributed by atoms with E-state index >= 15 is 0 Å². The van der Waals surface area contributed by atoms with Crippen molar-refractivity contribution in [1.29, 1.82) is 0 Å². The van der Waals surface area contributed by atoms with Gasteiger partial charge in [0.05, 0.1) is 17.9 Å². The van der Waals surface area contributed by atoms with Gasteiger partial charge in [0.15, 0.2) is 0 Å². The zero-order chi connectivity index (χ0) is 15.9. The summed E-state index contributed by atoms with van der Waals surface area (Å²) in [7, 11) is 0.